The van der Waals surface area contributed by atoms with E-state index in [0.717, 1.165) is 25.7 Å². The van der Waals surface area contributed by atoms with E-state index >= 15 is 0 Å². The number of hydrogen-bond acceptors (Lipinski definition) is 4. The number of nitrogens with one attached hydrogen (secondary N) is 2. The largest absolute Gasteiger partial charge is 0.481 e. The zero-order chi connectivity index (χ0) is 24.1. The highest BCUT2D eigenvalue weighted by atomic mass is 16.5. The second-order valence-corrected chi connectivity index (χ2v) is 9.39. The van der Waals surface area contributed by atoms with Crippen molar-refractivity contribution in [3.63, 3.8) is 0 Å². The van der Waals surface area contributed by atoms with E-state index in [9.17, 15) is 14.4 Å². The fourth-order valence-electron chi connectivity index (χ4n) is 5.32. The minimum Gasteiger partial charge on any atom is -0.481 e. The Morgan fingerprint density at radius 1 is 1.00 bits per heavy atom. The Morgan fingerprint density at radius 3 is 2.26 bits per heavy atom. The lowest BCUT2D eigenvalue weighted by Gasteiger charge is -2.32. The lowest BCUT2D eigenvalue weighted by atomic mass is 9.82. The van der Waals surface area contributed by atoms with Gasteiger partial charge in [-0.15, -0.1) is 0 Å². The fourth-order valence-corrected chi connectivity index (χ4v) is 5.32. The summed E-state index contributed by atoms with van der Waals surface area (Å²) in [4.78, 5) is 36.0. The summed E-state index contributed by atoms with van der Waals surface area (Å²) in [6, 6.07) is 15.9. The van der Waals surface area contributed by atoms with E-state index in [4.69, 9.17) is 9.84 Å². The van der Waals surface area contributed by atoms with E-state index in [1.807, 2.05) is 24.3 Å². The third-order valence-corrected chi connectivity index (χ3v) is 6.89. The average molecular weight is 465 g/mol. The molecule has 3 N–H and O–H groups in total. The smallest absolute Gasteiger partial charge is 0.407 e. The number of fused-ring (bicyclic) bond motifs is 3. The maximum atomic E-state index is 12.7. The van der Waals surface area contributed by atoms with Crippen molar-refractivity contribution < 1.29 is 24.2 Å². The molecule has 0 radical (unpaired) electrons. The quantitative estimate of drug-likeness (QED) is 0.535. The zero-order valence-corrected chi connectivity index (χ0v) is 19.5. The van der Waals surface area contributed by atoms with Crippen LogP contribution in [0.2, 0.25) is 0 Å². The molecule has 2 aliphatic rings. The Morgan fingerprint density at radius 2 is 1.62 bits per heavy atom. The number of benzene rings is 2. The number of carbonyl (C=O) groups is 3. The van der Waals surface area contributed by atoms with Crippen molar-refractivity contribution in [2.24, 2.45) is 5.92 Å². The maximum Gasteiger partial charge on any atom is 0.407 e. The molecule has 3 atom stereocenters. The molecular weight excluding hydrogens is 432 g/mol. The van der Waals surface area contributed by atoms with Crippen LogP contribution in [0.1, 0.15) is 62.5 Å². The Kier molecular flexibility index (Phi) is 7.50. The highest BCUT2D eigenvalue weighted by molar-refractivity contribution is 5.79. The summed E-state index contributed by atoms with van der Waals surface area (Å²) in [5, 5.41) is 14.6. The molecule has 2 amide bonds. The van der Waals surface area contributed by atoms with Gasteiger partial charge in [-0.3, -0.25) is 9.59 Å². The standard InChI is InChI=1S/C27H32N2O5/c1-17(14-26(31)32)28-25(30)15-18-8-2-7-13-24(18)29-27(33)34-16-23-21-11-5-3-9-19(21)20-10-4-6-12-22(20)23/h3-6,9-12,17-18,23-24H,2,7-8,13-16H2,1H3,(H,28,30)(H,29,33)(H,31,32)/t17-,18+,24+/m1/s1. The predicted octanol–water partition coefficient (Wildman–Crippen LogP) is 4.45. The van der Waals surface area contributed by atoms with Gasteiger partial charge in [0.05, 0.1) is 6.42 Å². The summed E-state index contributed by atoms with van der Waals surface area (Å²) in [5.41, 5.74) is 4.70. The molecule has 7 nitrogen and oxygen atoms in total. The summed E-state index contributed by atoms with van der Waals surface area (Å²) >= 11 is 0. The fraction of sp³-hybridized carbons (Fsp3) is 0.444. The normalized spacial score (nSPS) is 20.0. The minimum absolute atomic E-state index is 0.00167. The molecule has 4 rings (SSSR count). The molecule has 0 saturated heterocycles. The van der Waals surface area contributed by atoms with Crippen molar-refractivity contribution in [3.8, 4) is 11.1 Å². The Labute approximate surface area is 199 Å². The number of aliphatic carboxylic acids is 1. The van der Waals surface area contributed by atoms with Crippen molar-refractivity contribution in [1.29, 1.82) is 0 Å². The molecule has 0 bridgehead atoms. The van der Waals surface area contributed by atoms with Gasteiger partial charge in [0.15, 0.2) is 0 Å². The van der Waals surface area contributed by atoms with Crippen LogP contribution in [0.25, 0.3) is 11.1 Å². The molecule has 0 aromatic heterocycles. The number of carboxylic acid groups (broad SMARTS) is 1. The van der Waals surface area contributed by atoms with E-state index in [1.54, 1.807) is 6.92 Å². The van der Waals surface area contributed by atoms with Gasteiger partial charge in [-0.25, -0.2) is 4.79 Å². The van der Waals surface area contributed by atoms with E-state index < -0.39 is 18.1 Å². The first-order valence-corrected chi connectivity index (χ1v) is 12.0. The Hall–Kier alpha value is -3.35. The Bertz CT molecular complexity index is 1010. The molecule has 2 aromatic rings. The van der Waals surface area contributed by atoms with Gasteiger partial charge in [0.1, 0.15) is 6.61 Å². The van der Waals surface area contributed by atoms with Crippen LogP contribution in [0.3, 0.4) is 0 Å². The van der Waals surface area contributed by atoms with Crippen molar-refractivity contribution in [1.82, 2.24) is 10.6 Å². The first-order chi connectivity index (χ1) is 16.4. The average Bonchev–Trinajstić information content (AvgIpc) is 3.12. The van der Waals surface area contributed by atoms with Gasteiger partial charge in [0.25, 0.3) is 0 Å². The summed E-state index contributed by atoms with van der Waals surface area (Å²) in [6.45, 7) is 1.93. The number of amides is 2. The van der Waals surface area contributed by atoms with Crippen molar-refractivity contribution >= 4 is 18.0 Å². The van der Waals surface area contributed by atoms with Crippen LogP contribution in [0.4, 0.5) is 4.79 Å². The van der Waals surface area contributed by atoms with Crippen molar-refractivity contribution in [2.75, 3.05) is 6.61 Å². The van der Waals surface area contributed by atoms with Crippen molar-refractivity contribution in [3.05, 3.63) is 59.7 Å². The number of carbonyl (C=O) groups excluding carboxylic acids is 2. The monoisotopic (exact) mass is 464 g/mol. The lowest BCUT2D eigenvalue weighted by Crippen LogP contribution is -2.45. The number of rotatable bonds is 8. The number of carboxylic acids is 1. The molecular formula is C27H32N2O5. The van der Waals surface area contributed by atoms with Gasteiger partial charge >= 0.3 is 12.1 Å². The van der Waals surface area contributed by atoms with Gasteiger partial charge in [-0.1, -0.05) is 61.4 Å². The topological polar surface area (TPSA) is 105 Å². The molecule has 1 fully saturated rings. The van der Waals surface area contributed by atoms with Gasteiger partial charge in [0.2, 0.25) is 5.91 Å². The van der Waals surface area contributed by atoms with Crippen LogP contribution in [-0.4, -0.2) is 41.8 Å². The zero-order valence-electron chi connectivity index (χ0n) is 19.5. The third kappa shape index (κ3) is 5.58. The molecule has 0 aliphatic heterocycles. The number of hydrogen-bond donors (Lipinski definition) is 3. The summed E-state index contributed by atoms with van der Waals surface area (Å²) < 4.78 is 5.69. The molecule has 0 spiro atoms. The third-order valence-electron chi connectivity index (χ3n) is 6.89. The van der Waals surface area contributed by atoms with E-state index in [1.165, 1.54) is 22.3 Å². The number of alkyl carbamates (subject to hydrolysis) is 1. The second-order valence-electron chi connectivity index (χ2n) is 9.39. The van der Waals surface area contributed by atoms with E-state index in [0.29, 0.717) is 0 Å². The highest BCUT2D eigenvalue weighted by Gasteiger charge is 2.31. The van der Waals surface area contributed by atoms with Crippen LogP contribution < -0.4 is 10.6 Å². The molecule has 0 heterocycles. The van der Waals surface area contributed by atoms with Crippen molar-refractivity contribution in [2.45, 2.75) is 63.5 Å². The first-order valence-electron chi connectivity index (χ1n) is 12.0. The van der Waals surface area contributed by atoms with Gasteiger partial charge in [0, 0.05) is 24.4 Å². The van der Waals surface area contributed by atoms with Gasteiger partial charge in [-0.2, -0.15) is 0 Å². The maximum absolute atomic E-state index is 12.7. The highest BCUT2D eigenvalue weighted by Crippen LogP contribution is 2.44. The SMILES string of the molecule is C[C@H](CC(=O)O)NC(=O)C[C@@H]1CCCC[C@@H]1NC(=O)OCC1c2ccccc2-c2ccccc21. The lowest BCUT2D eigenvalue weighted by molar-refractivity contribution is -0.137. The first kappa shape index (κ1) is 23.8. The molecule has 0 unspecified atom stereocenters. The van der Waals surface area contributed by atoms with Crippen LogP contribution in [0, 0.1) is 5.92 Å². The van der Waals surface area contributed by atoms with Gasteiger partial charge in [-0.05, 0) is 47.9 Å². The molecule has 1 saturated carbocycles. The molecule has 34 heavy (non-hydrogen) atoms. The van der Waals surface area contributed by atoms with Crippen LogP contribution >= 0.6 is 0 Å². The summed E-state index contributed by atoms with van der Waals surface area (Å²) in [7, 11) is 0. The molecule has 2 aliphatic carbocycles. The summed E-state index contributed by atoms with van der Waals surface area (Å²) in [6.07, 6.45) is 3.32. The molecule has 7 heteroatoms. The molecule has 180 valence electrons. The van der Waals surface area contributed by atoms with E-state index in [-0.39, 0.29) is 43.2 Å². The summed E-state index contributed by atoms with van der Waals surface area (Å²) in [5.74, 6) is -1.12. The molecule has 2 aromatic carbocycles. The number of ether oxygens (including phenoxy) is 1. The second kappa shape index (κ2) is 10.7. The van der Waals surface area contributed by atoms with Gasteiger partial charge < -0.3 is 20.5 Å². The predicted molar refractivity (Wildman–Crippen MR) is 128 cm³/mol. The van der Waals surface area contributed by atoms with Crippen LogP contribution in [0.15, 0.2) is 48.5 Å². The van der Waals surface area contributed by atoms with E-state index in [2.05, 4.69) is 34.9 Å². The van der Waals surface area contributed by atoms with Crippen LogP contribution in [-0.2, 0) is 14.3 Å². The minimum atomic E-state index is -0.944. The Balaban J connectivity index is 1.33. The van der Waals surface area contributed by atoms with Crippen LogP contribution in [0.5, 0.6) is 0 Å².